The molecule has 1 heterocycles. The Kier molecular flexibility index (Phi) is 6.69. The fraction of sp³-hybridized carbons (Fsp3) is 0.846. The van der Waals surface area contributed by atoms with Gasteiger partial charge in [0, 0.05) is 12.6 Å². The summed E-state index contributed by atoms with van der Waals surface area (Å²) < 4.78 is 5.68. The van der Waals surface area contributed by atoms with Gasteiger partial charge >= 0.3 is 0 Å². The number of hydrogen-bond acceptors (Lipinski definition) is 2. The van der Waals surface area contributed by atoms with Crippen LogP contribution in [0, 0.1) is 0 Å². The van der Waals surface area contributed by atoms with Crippen LogP contribution in [0.5, 0.6) is 0 Å². The summed E-state index contributed by atoms with van der Waals surface area (Å²) in [6.07, 6.45) is 11.9. The summed E-state index contributed by atoms with van der Waals surface area (Å²) in [5.74, 6) is 0. The van der Waals surface area contributed by atoms with Crippen LogP contribution in [-0.2, 0) is 4.74 Å². The van der Waals surface area contributed by atoms with Gasteiger partial charge in [0.05, 0.1) is 6.10 Å². The van der Waals surface area contributed by atoms with Gasteiger partial charge in [0.15, 0.2) is 0 Å². The fourth-order valence-corrected chi connectivity index (χ4v) is 2.10. The van der Waals surface area contributed by atoms with E-state index < -0.39 is 0 Å². The van der Waals surface area contributed by atoms with Gasteiger partial charge in [0.25, 0.3) is 0 Å². The lowest BCUT2D eigenvalue weighted by Gasteiger charge is -2.23. The largest absolute Gasteiger partial charge is 0.378 e. The SMILES string of the molecule is C=CCCCC(N)CCC1CCCCO1. The maximum atomic E-state index is 6.04. The zero-order chi connectivity index (χ0) is 10.9. The quantitative estimate of drug-likeness (QED) is 0.519. The van der Waals surface area contributed by atoms with Gasteiger partial charge < -0.3 is 10.5 Å². The molecule has 0 aromatic carbocycles. The third kappa shape index (κ3) is 5.95. The highest BCUT2D eigenvalue weighted by Gasteiger charge is 2.14. The minimum atomic E-state index is 0.357. The summed E-state index contributed by atoms with van der Waals surface area (Å²) in [5, 5.41) is 0. The number of hydrogen-bond donors (Lipinski definition) is 1. The minimum Gasteiger partial charge on any atom is -0.378 e. The first-order valence-electron chi connectivity index (χ1n) is 6.31. The monoisotopic (exact) mass is 211 g/mol. The number of ether oxygens (including phenoxy) is 1. The van der Waals surface area contributed by atoms with Crippen molar-refractivity contribution >= 4 is 0 Å². The molecule has 2 N–H and O–H groups in total. The van der Waals surface area contributed by atoms with Gasteiger partial charge in [-0.25, -0.2) is 0 Å². The highest BCUT2D eigenvalue weighted by molar-refractivity contribution is 4.71. The molecular formula is C13H25NO. The highest BCUT2D eigenvalue weighted by atomic mass is 16.5. The smallest absolute Gasteiger partial charge is 0.0575 e. The Labute approximate surface area is 93.9 Å². The number of unbranched alkanes of at least 4 members (excludes halogenated alkanes) is 1. The summed E-state index contributed by atoms with van der Waals surface area (Å²) in [6, 6.07) is 0.357. The number of rotatable bonds is 7. The Bertz CT molecular complexity index is 164. The number of allylic oxidation sites excluding steroid dienone is 1. The normalized spacial score (nSPS) is 23.7. The van der Waals surface area contributed by atoms with E-state index in [0.717, 1.165) is 32.3 Å². The van der Waals surface area contributed by atoms with Gasteiger partial charge in [-0.15, -0.1) is 6.58 Å². The van der Waals surface area contributed by atoms with E-state index >= 15 is 0 Å². The molecule has 2 heteroatoms. The van der Waals surface area contributed by atoms with Gasteiger partial charge in [-0.1, -0.05) is 6.08 Å². The third-order valence-corrected chi connectivity index (χ3v) is 3.12. The molecule has 1 rings (SSSR count). The van der Waals surface area contributed by atoms with E-state index in [2.05, 4.69) is 6.58 Å². The van der Waals surface area contributed by atoms with Crippen molar-refractivity contribution in [1.29, 1.82) is 0 Å². The molecule has 0 aromatic heterocycles. The zero-order valence-corrected chi connectivity index (χ0v) is 9.79. The summed E-state index contributed by atoms with van der Waals surface area (Å²) in [5.41, 5.74) is 6.04. The van der Waals surface area contributed by atoms with Crippen LogP contribution in [0.25, 0.3) is 0 Å². The van der Waals surface area contributed by atoms with Crippen LogP contribution in [0.1, 0.15) is 51.4 Å². The molecule has 0 spiro atoms. The van der Waals surface area contributed by atoms with Crippen LogP contribution in [0.15, 0.2) is 12.7 Å². The van der Waals surface area contributed by atoms with Crippen LogP contribution in [-0.4, -0.2) is 18.8 Å². The molecule has 0 saturated carbocycles. The molecule has 1 aliphatic heterocycles. The van der Waals surface area contributed by atoms with E-state index in [1.54, 1.807) is 0 Å². The molecule has 15 heavy (non-hydrogen) atoms. The van der Waals surface area contributed by atoms with Crippen LogP contribution >= 0.6 is 0 Å². The highest BCUT2D eigenvalue weighted by Crippen LogP contribution is 2.18. The Morgan fingerprint density at radius 2 is 2.27 bits per heavy atom. The molecule has 0 radical (unpaired) electrons. The second-order valence-electron chi connectivity index (χ2n) is 4.55. The Morgan fingerprint density at radius 3 is 2.93 bits per heavy atom. The van der Waals surface area contributed by atoms with Crippen LogP contribution in [0.4, 0.5) is 0 Å². The van der Waals surface area contributed by atoms with E-state index in [0.29, 0.717) is 12.1 Å². The molecule has 2 atom stereocenters. The average Bonchev–Trinajstić information content (AvgIpc) is 2.28. The lowest BCUT2D eigenvalue weighted by molar-refractivity contribution is 0.00902. The standard InChI is InChI=1S/C13H25NO/c1-2-3-4-7-12(14)9-10-13-8-5-6-11-15-13/h2,12-13H,1,3-11,14H2. The first-order valence-corrected chi connectivity index (χ1v) is 6.31. The molecule has 2 nitrogen and oxygen atoms in total. The second kappa shape index (κ2) is 7.89. The molecule has 0 bridgehead atoms. The number of nitrogens with two attached hydrogens (primary N) is 1. The molecule has 2 unspecified atom stereocenters. The van der Waals surface area contributed by atoms with Crippen molar-refractivity contribution in [2.75, 3.05) is 6.61 Å². The van der Waals surface area contributed by atoms with Gasteiger partial charge in [-0.3, -0.25) is 0 Å². The van der Waals surface area contributed by atoms with E-state index in [1.807, 2.05) is 6.08 Å². The van der Waals surface area contributed by atoms with Gasteiger partial charge in [-0.2, -0.15) is 0 Å². The van der Waals surface area contributed by atoms with Gasteiger partial charge in [0.1, 0.15) is 0 Å². The predicted octanol–water partition coefficient (Wildman–Crippen LogP) is 3.02. The lowest BCUT2D eigenvalue weighted by atomic mass is 9.99. The molecule has 0 aromatic rings. The minimum absolute atomic E-state index is 0.357. The van der Waals surface area contributed by atoms with E-state index in [4.69, 9.17) is 10.5 Å². The molecular weight excluding hydrogens is 186 g/mol. The molecule has 0 aliphatic carbocycles. The van der Waals surface area contributed by atoms with Crippen molar-refractivity contribution in [3.8, 4) is 0 Å². The maximum Gasteiger partial charge on any atom is 0.0575 e. The second-order valence-corrected chi connectivity index (χ2v) is 4.55. The van der Waals surface area contributed by atoms with Crippen molar-refractivity contribution in [1.82, 2.24) is 0 Å². The molecule has 1 fully saturated rings. The van der Waals surface area contributed by atoms with Crippen LogP contribution in [0.3, 0.4) is 0 Å². The Morgan fingerprint density at radius 1 is 1.40 bits per heavy atom. The first kappa shape index (κ1) is 12.7. The lowest BCUT2D eigenvalue weighted by Crippen LogP contribution is -2.25. The first-order chi connectivity index (χ1) is 7.33. The van der Waals surface area contributed by atoms with Gasteiger partial charge in [-0.05, 0) is 51.4 Å². The third-order valence-electron chi connectivity index (χ3n) is 3.12. The van der Waals surface area contributed by atoms with E-state index in [-0.39, 0.29) is 0 Å². The maximum absolute atomic E-state index is 6.04. The zero-order valence-electron chi connectivity index (χ0n) is 9.79. The van der Waals surface area contributed by atoms with Crippen LogP contribution < -0.4 is 5.73 Å². The Hall–Kier alpha value is -0.340. The van der Waals surface area contributed by atoms with Gasteiger partial charge in [0.2, 0.25) is 0 Å². The average molecular weight is 211 g/mol. The summed E-state index contributed by atoms with van der Waals surface area (Å²) in [7, 11) is 0. The summed E-state index contributed by atoms with van der Waals surface area (Å²) >= 11 is 0. The summed E-state index contributed by atoms with van der Waals surface area (Å²) in [4.78, 5) is 0. The topological polar surface area (TPSA) is 35.2 Å². The molecule has 1 aliphatic rings. The molecule has 88 valence electrons. The van der Waals surface area contributed by atoms with Crippen LogP contribution in [0.2, 0.25) is 0 Å². The van der Waals surface area contributed by atoms with Crippen molar-refractivity contribution < 1.29 is 4.74 Å². The fourth-order valence-electron chi connectivity index (χ4n) is 2.10. The molecule has 0 amide bonds. The molecule has 1 saturated heterocycles. The van der Waals surface area contributed by atoms with E-state index in [9.17, 15) is 0 Å². The predicted molar refractivity (Wildman–Crippen MR) is 64.8 cm³/mol. The van der Waals surface area contributed by atoms with Crippen molar-refractivity contribution in [2.45, 2.75) is 63.5 Å². The van der Waals surface area contributed by atoms with Crippen molar-refractivity contribution in [3.05, 3.63) is 12.7 Å². The van der Waals surface area contributed by atoms with Crippen molar-refractivity contribution in [2.24, 2.45) is 5.73 Å². The Balaban J connectivity index is 1.99. The van der Waals surface area contributed by atoms with Crippen molar-refractivity contribution in [3.63, 3.8) is 0 Å². The summed E-state index contributed by atoms with van der Waals surface area (Å²) in [6.45, 7) is 4.67. The van der Waals surface area contributed by atoms with E-state index in [1.165, 1.54) is 25.7 Å².